The predicted octanol–water partition coefficient (Wildman–Crippen LogP) is 15.4. The normalized spacial score (nSPS) is 11.9. The Morgan fingerprint density at radius 2 is 0.754 bits per heavy atom. The number of benzene rings is 10. The quantitative estimate of drug-likeness (QED) is 0.169. The molecule has 2 heteroatoms. The van der Waals surface area contributed by atoms with Crippen LogP contribution in [0.25, 0.3) is 120 Å². The van der Waals surface area contributed by atoms with E-state index >= 15 is 0 Å². The zero-order valence-electron chi connectivity index (χ0n) is 30.9. The Morgan fingerprint density at radius 3 is 1.46 bits per heavy atom. The lowest BCUT2D eigenvalue weighted by Crippen LogP contribution is -1.92. The van der Waals surface area contributed by atoms with Gasteiger partial charge in [0, 0.05) is 22.5 Å². The second kappa shape index (κ2) is 12.5. The lowest BCUT2D eigenvalue weighted by atomic mass is 9.84. The average molecular weight is 724 g/mol. The summed E-state index contributed by atoms with van der Waals surface area (Å²) in [5, 5.41) is 14.5. The van der Waals surface area contributed by atoms with Crippen LogP contribution in [0.3, 0.4) is 0 Å². The van der Waals surface area contributed by atoms with Crippen molar-refractivity contribution in [3.05, 3.63) is 200 Å². The molecule has 12 aromatic rings. The molecule has 57 heavy (non-hydrogen) atoms. The molecule has 2 nitrogen and oxygen atoms in total. The third-order valence-corrected chi connectivity index (χ3v) is 11.8. The minimum atomic E-state index is 0.823. The van der Waals surface area contributed by atoms with E-state index in [0.717, 1.165) is 38.6 Å². The van der Waals surface area contributed by atoms with E-state index in [1.54, 1.807) is 0 Å². The first-order chi connectivity index (χ1) is 28.2. The van der Waals surface area contributed by atoms with E-state index in [2.05, 4.69) is 176 Å². The molecule has 0 amide bonds. The van der Waals surface area contributed by atoms with Gasteiger partial charge in [0.15, 0.2) is 5.58 Å². The lowest BCUT2D eigenvalue weighted by Gasteiger charge is -2.19. The highest BCUT2D eigenvalue weighted by Gasteiger charge is 2.19. The van der Waals surface area contributed by atoms with Gasteiger partial charge < -0.3 is 4.42 Å². The number of nitrogens with zero attached hydrogens (tertiary/aromatic N) is 1. The van der Waals surface area contributed by atoms with Crippen LogP contribution in [0.5, 0.6) is 0 Å². The van der Waals surface area contributed by atoms with Crippen molar-refractivity contribution in [2.24, 2.45) is 0 Å². The molecule has 0 aliphatic rings. The Labute approximate surface area is 328 Å². The zero-order valence-corrected chi connectivity index (χ0v) is 30.9. The smallest absolute Gasteiger partial charge is 0.161 e. The van der Waals surface area contributed by atoms with E-state index in [4.69, 9.17) is 9.40 Å². The van der Waals surface area contributed by atoms with Gasteiger partial charge in [-0.05, 0) is 130 Å². The predicted molar refractivity (Wildman–Crippen MR) is 241 cm³/mol. The fraction of sp³-hybridized carbons (Fsp3) is 0. The molecule has 264 valence electrons. The fourth-order valence-electron chi connectivity index (χ4n) is 9.10. The van der Waals surface area contributed by atoms with Gasteiger partial charge in [0.25, 0.3) is 0 Å². The second-order valence-electron chi connectivity index (χ2n) is 15.1. The third-order valence-electron chi connectivity index (χ3n) is 11.8. The van der Waals surface area contributed by atoms with Crippen LogP contribution >= 0.6 is 0 Å². The van der Waals surface area contributed by atoms with Crippen LogP contribution in [0.2, 0.25) is 0 Å². The molecule has 0 fully saturated rings. The first-order valence-corrected chi connectivity index (χ1v) is 19.5. The van der Waals surface area contributed by atoms with Crippen molar-refractivity contribution < 1.29 is 4.42 Å². The van der Waals surface area contributed by atoms with Crippen molar-refractivity contribution in [1.29, 1.82) is 0 Å². The van der Waals surface area contributed by atoms with Gasteiger partial charge in [0.2, 0.25) is 0 Å². The molecule has 0 radical (unpaired) electrons. The summed E-state index contributed by atoms with van der Waals surface area (Å²) in [7, 11) is 0. The van der Waals surface area contributed by atoms with E-state index in [-0.39, 0.29) is 0 Å². The maximum atomic E-state index is 6.34. The third kappa shape index (κ3) is 5.08. The van der Waals surface area contributed by atoms with Crippen molar-refractivity contribution in [2.45, 2.75) is 0 Å². The van der Waals surface area contributed by atoms with Crippen LogP contribution in [0.4, 0.5) is 0 Å². The van der Waals surface area contributed by atoms with Gasteiger partial charge in [0.1, 0.15) is 11.3 Å². The van der Waals surface area contributed by atoms with Crippen molar-refractivity contribution >= 4 is 75.8 Å². The maximum absolute atomic E-state index is 6.34. The molecule has 0 bridgehead atoms. The van der Waals surface area contributed by atoms with Crippen LogP contribution < -0.4 is 0 Å². The summed E-state index contributed by atoms with van der Waals surface area (Å²) < 4.78 is 6.34. The molecule has 12 rings (SSSR count). The second-order valence-corrected chi connectivity index (χ2v) is 15.1. The summed E-state index contributed by atoms with van der Waals surface area (Å²) in [6.07, 6.45) is 1.88. The number of pyridine rings is 1. The fourth-order valence-corrected chi connectivity index (χ4v) is 9.10. The van der Waals surface area contributed by atoms with Gasteiger partial charge in [-0.3, -0.25) is 4.98 Å². The van der Waals surface area contributed by atoms with Crippen LogP contribution in [-0.2, 0) is 0 Å². The van der Waals surface area contributed by atoms with Gasteiger partial charge in [-0.2, -0.15) is 0 Å². The SMILES string of the molecule is c1ccc2cc(-c3c4ccccc4c(-c4ccc5ccccc5c4)c4cc(-c5ccc6cc(-c7nccc8c7oc7ccccc78)ccc6c5)ccc34)ccc2c1. The van der Waals surface area contributed by atoms with Gasteiger partial charge in [0.05, 0.1) is 0 Å². The summed E-state index contributed by atoms with van der Waals surface area (Å²) >= 11 is 0. The average Bonchev–Trinajstić information content (AvgIpc) is 3.66. The molecule has 0 unspecified atom stereocenters. The monoisotopic (exact) mass is 723 g/mol. The number of hydrogen-bond donors (Lipinski definition) is 0. The van der Waals surface area contributed by atoms with Crippen molar-refractivity contribution in [3.8, 4) is 44.6 Å². The Hall–Kier alpha value is -7.55. The van der Waals surface area contributed by atoms with Crippen LogP contribution in [-0.4, -0.2) is 4.98 Å². The number of furan rings is 1. The minimum absolute atomic E-state index is 0.823. The largest absolute Gasteiger partial charge is 0.454 e. The number of fused-ring (bicyclic) bond motifs is 8. The van der Waals surface area contributed by atoms with E-state index in [1.165, 1.54) is 81.9 Å². The first-order valence-electron chi connectivity index (χ1n) is 19.5. The Morgan fingerprint density at radius 1 is 0.298 bits per heavy atom. The molecule has 10 aromatic carbocycles. The van der Waals surface area contributed by atoms with Crippen molar-refractivity contribution in [2.75, 3.05) is 0 Å². The molecular weight excluding hydrogens is 691 g/mol. The van der Waals surface area contributed by atoms with Crippen LogP contribution in [0.1, 0.15) is 0 Å². The van der Waals surface area contributed by atoms with E-state index < -0.39 is 0 Å². The number of rotatable bonds is 4. The highest BCUT2D eigenvalue weighted by Crippen LogP contribution is 2.46. The van der Waals surface area contributed by atoms with Crippen molar-refractivity contribution in [1.82, 2.24) is 4.98 Å². The molecular formula is C55H33NO. The number of hydrogen-bond acceptors (Lipinski definition) is 2. The van der Waals surface area contributed by atoms with Crippen molar-refractivity contribution in [3.63, 3.8) is 0 Å². The van der Waals surface area contributed by atoms with Gasteiger partial charge >= 0.3 is 0 Å². The molecule has 0 atom stereocenters. The Kier molecular flexibility index (Phi) is 6.96. The van der Waals surface area contributed by atoms with Gasteiger partial charge in [-0.15, -0.1) is 0 Å². The van der Waals surface area contributed by atoms with Gasteiger partial charge in [-0.25, -0.2) is 0 Å². The lowest BCUT2D eigenvalue weighted by molar-refractivity contribution is 0.668. The van der Waals surface area contributed by atoms with Crippen LogP contribution in [0, 0.1) is 0 Å². The molecule has 2 heterocycles. The number of aromatic nitrogens is 1. The van der Waals surface area contributed by atoms with E-state index in [0.29, 0.717) is 0 Å². The minimum Gasteiger partial charge on any atom is -0.454 e. The first kappa shape index (κ1) is 31.8. The summed E-state index contributed by atoms with van der Waals surface area (Å²) in [5.41, 5.74) is 10.9. The molecule has 0 aliphatic carbocycles. The highest BCUT2D eigenvalue weighted by atomic mass is 16.3. The summed E-state index contributed by atoms with van der Waals surface area (Å²) in [5.74, 6) is 0. The van der Waals surface area contributed by atoms with E-state index in [1.807, 2.05) is 24.4 Å². The molecule has 2 aromatic heterocycles. The molecule has 0 saturated heterocycles. The van der Waals surface area contributed by atoms with Crippen LogP contribution in [0.15, 0.2) is 205 Å². The van der Waals surface area contributed by atoms with E-state index in [9.17, 15) is 0 Å². The number of para-hydroxylation sites is 1. The Balaban J connectivity index is 1.05. The zero-order chi connectivity index (χ0) is 37.5. The topological polar surface area (TPSA) is 26.0 Å². The standard InChI is InChI=1S/C55H33NO/c1-3-11-36-30-42(22-17-34(36)9-1)52-46-14-5-6-15-47(46)53(43-23-18-35-10-2-4-12-37(35)31-43)50-33-41(25-26-48(50)52)39-19-20-40-32-44(24-21-38(40)29-39)54-55-49(27-28-56-54)45-13-7-8-16-51(45)57-55/h1-33H. The van der Waals surface area contributed by atoms with Gasteiger partial charge in [-0.1, -0.05) is 152 Å². The summed E-state index contributed by atoms with van der Waals surface area (Å²) in [6.45, 7) is 0. The highest BCUT2D eigenvalue weighted by molar-refractivity contribution is 6.22. The molecule has 0 N–H and O–H groups in total. The maximum Gasteiger partial charge on any atom is 0.161 e. The summed E-state index contributed by atoms with van der Waals surface area (Å²) in [4.78, 5) is 4.79. The molecule has 0 spiro atoms. The molecule has 0 saturated carbocycles. The molecule has 0 aliphatic heterocycles. The summed E-state index contributed by atoms with van der Waals surface area (Å²) in [6, 6.07) is 70.7. The Bertz CT molecular complexity index is 3590.